The number of nitrogens with zero attached hydrogens (tertiary/aromatic N) is 2. The molecule has 0 bridgehead atoms. The highest BCUT2D eigenvalue weighted by atomic mass is 16.2. The Hall–Kier alpha value is -1.10. The van der Waals surface area contributed by atoms with E-state index in [1.54, 1.807) is 0 Å². The monoisotopic (exact) mass is 283 g/mol. The second-order valence-electron chi connectivity index (χ2n) is 5.85. The van der Waals surface area contributed by atoms with Gasteiger partial charge in [-0.05, 0) is 46.3 Å². The summed E-state index contributed by atoms with van der Waals surface area (Å²) in [5.74, 6) is 0.476. The lowest BCUT2D eigenvalue weighted by molar-refractivity contribution is -0.135. The summed E-state index contributed by atoms with van der Waals surface area (Å²) >= 11 is 0. The molecule has 0 atom stereocenters. The Balaban J connectivity index is 2.20. The third-order valence-corrected chi connectivity index (χ3v) is 3.76. The molecule has 0 aliphatic carbocycles. The second-order valence-corrected chi connectivity index (χ2v) is 5.85. The highest BCUT2D eigenvalue weighted by Crippen LogP contribution is 2.18. The Morgan fingerprint density at radius 2 is 1.90 bits per heavy atom. The largest absolute Gasteiger partial charge is 0.356 e. The number of piperidine rings is 1. The van der Waals surface area contributed by atoms with Crippen LogP contribution in [-0.2, 0) is 9.59 Å². The first-order chi connectivity index (χ1) is 9.54. The van der Waals surface area contributed by atoms with Gasteiger partial charge in [0.05, 0.1) is 0 Å². The van der Waals surface area contributed by atoms with Gasteiger partial charge in [-0.3, -0.25) is 9.59 Å². The minimum Gasteiger partial charge on any atom is -0.356 e. The molecule has 0 unspecified atom stereocenters. The molecule has 1 aliphatic rings. The zero-order valence-electron chi connectivity index (χ0n) is 13.2. The van der Waals surface area contributed by atoms with Crippen molar-refractivity contribution in [3.05, 3.63) is 0 Å². The molecule has 0 aromatic rings. The van der Waals surface area contributed by atoms with Crippen molar-refractivity contribution in [1.29, 1.82) is 0 Å². The van der Waals surface area contributed by atoms with Gasteiger partial charge in [0.2, 0.25) is 11.8 Å². The molecular formula is C15H29N3O2. The lowest BCUT2D eigenvalue weighted by Gasteiger charge is -2.31. The molecule has 5 nitrogen and oxygen atoms in total. The topological polar surface area (TPSA) is 52.7 Å². The molecular weight excluding hydrogens is 254 g/mol. The Morgan fingerprint density at radius 3 is 2.45 bits per heavy atom. The van der Waals surface area contributed by atoms with Gasteiger partial charge in [-0.1, -0.05) is 6.92 Å². The predicted molar refractivity (Wildman–Crippen MR) is 80.4 cm³/mol. The number of rotatable bonds is 7. The summed E-state index contributed by atoms with van der Waals surface area (Å²) in [5.41, 5.74) is 0. The van der Waals surface area contributed by atoms with Crippen molar-refractivity contribution in [1.82, 2.24) is 15.1 Å². The van der Waals surface area contributed by atoms with Crippen LogP contribution in [-0.4, -0.2) is 61.9 Å². The zero-order valence-corrected chi connectivity index (χ0v) is 13.2. The van der Waals surface area contributed by atoms with Gasteiger partial charge in [-0.15, -0.1) is 0 Å². The molecule has 0 radical (unpaired) electrons. The van der Waals surface area contributed by atoms with Crippen LogP contribution in [0.3, 0.4) is 0 Å². The Bertz CT molecular complexity index is 310. The van der Waals surface area contributed by atoms with Gasteiger partial charge >= 0.3 is 0 Å². The van der Waals surface area contributed by atoms with Gasteiger partial charge in [0.1, 0.15) is 0 Å². The fourth-order valence-corrected chi connectivity index (χ4v) is 2.51. The van der Waals surface area contributed by atoms with Crippen LogP contribution < -0.4 is 5.32 Å². The average molecular weight is 283 g/mol. The molecule has 20 heavy (non-hydrogen) atoms. The van der Waals surface area contributed by atoms with E-state index in [0.717, 1.165) is 51.9 Å². The average Bonchev–Trinajstić information content (AvgIpc) is 2.43. The Labute approximate surface area is 122 Å². The zero-order chi connectivity index (χ0) is 15.0. The minimum absolute atomic E-state index is 0.0834. The fraction of sp³-hybridized carbons (Fsp3) is 0.867. The second kappa shape index (κ2) is 8.95. The van der Waals surface area contributed by atoms with E-state index in [1.807, 2.05) is 25.9 Å². The predicted octanol–water partition coefficient (Wildman–Crippen LogP) is 1.09. The molecule has 0 aromatic heterocycles. The molecule has 1 rings (SSSR count). The van der Waals surface area contributed by atoms with Crippen molar-refractivity contribution < 1.29 is 9.59 Å². The molecule has 1 aliphatic heterocycles. The lowest BCUT2D eigenvalue weighted by atomic mass is 9.95. The van der Waals surface area contributed by atoms with E-state index in [4.69, 9.17) is 0 Å². The summed E-state index contributed by atoms with van der Waals surface area (Å²) in [4.78, 5) is 27.8. The van der Waals surface area contributed by atoms with Crippen molar-refractivity contribution in [2.75, 3.05) is 40.3 Å². The van der Waals surface area contributed by atoms with Crippen molar-refractivity contribution >= 4 is 11.8 Å². The van der Waals surface area contributed by atoms with Gasteiger partial charge in [0.15, 0.2) is 0 Å². The summed E-state index contributed by atoms with van der Waals surface area (Å²) in [6, 6.07) is 0. The van der Waals surface area contributed by atoms with E-state index in [0.29, 0.717) is 6.42 Å². The molecule has 1 N–H and O–H groups in total. The molecule has 1 heterocycles. The summed E-state index contributed by atoms with van der Waals surface area (Å²) in [5, 5.41) is 3.01. The van der Waals surface area contributed by atoms with Crippen molar-refractivity contribution in [3.8, 4) is 0 Å². The maximum absolute atomic E-state index is 12.0. The smallest absolute Gasteiger partial charge is 0.223 e. The number of likely N-dealkylation sites (tertiary alicyclic amines) is 1. The van der Waals surface area contributed by atoms with Gasteiger partial charge < -0.3 is 15.1 Å². The number of amides is 2. The van der Waals surface area contributed by atoms with Crippen LogP contribution in [0.4, 0.5) is 0 Å². The van der Waals surface area contributed by atoms with E-state index < -0.39 is 0 Å². The molecule has 0 aromatic carbocycles. The summed E-state index contributed by atoms with van der Waals surface area (Å²) in [6.07, 6.45) is 4.10. The van der Waals surface area contributed by atoms with Crippen LogP contribution in [0.5, 0.6) is 0 Å². The van der Waals surface area contributed by atoms with Gasteiger partial charge in [0.25, 0.3) is 0 Å². The number of nitrogens with one attached hydrogen (secondary N) is 1. The molecule has 0 spiro atoms. The van der Waals surface area contributed by atoms with E-state index in [-0.39, 0.29) is 17.7 Å². The van der Waals surface area contributed by atoms with Crippen molar-refractivity contribution in [2.24, 2.45) is 5.92 Å². The quantitative estimate of drug-likeness (QED) is 0.712. The van der Waals surface area contributed by atoms with Crippen LogP contribution >= 0.6 is 0 Å². The molecule has 1 saturated heterocycles. The number of hydrogen-bond donors (Lipinski definition) is 1. The molecule has 2 amide bonds. The summed E-state index contributed by atoms with van der Waals surface area (Å²) in [7, 11) is 4.07. The SMILES string of the molecule is CCCC(=O)N1CCC(C(=O)NCCCN(C)C)CC1. The molecule has 0 saturated carbocycles. The molecule has 116 valence electrons. The van der Waals surface area contributed by atoms with E-state index in [1.165, 1.54) is 0 Å². The Kier molecular flexibility index (Phi) is 7.59. The molecule has 1 fully saturated rings. The van der Waals surface area contributed by atoms with Crippen LogP contribution in [0.2, 0.25) is 0 Å². The van der Waals surface area contributed by atoms with Crippen LogP contribution in [0.15, 0.2) is 0 Å². The highest BCUT2D eigenvalue weighted by molar-refractivity contribution is 5.80. The molecule has 5 heteroatoms. The summed E-state index contributed by atoms with van der Waals surface area (Å²) < 4.78 is 0. The first kappa shape index (κ1) is 17.0. The number of carbonyl (C=O) groups excluding carboxylic acids is 2. The van der Waals surface area contributed by atoms with E-state index in [2.05, 4.69) is 10.2 Å². The fourth-order valence-electron chi connectivity index (χ4n) is 2.51. The standard InChI is InChI=1S/C15H29N3O2/c1-4-6-14(19)18-11-7-13(8-12-18)15(20)16-9-5-10-17(2)3/h13H,4-12H2,1-3H3,(H,16,20). The third-order valence-electron chi connectivity index (χ3n) is 3.76. The van der Waals surface area contributed by atoms with Crippen LogP contribution in [0.25, 0.3) is 0 Å². The highest BCUT2D eigenvalue weighted by Gasteiger charge is 2.26. The van der Waals surface area contributed by atoms with E-state index >= 15 is 0 Å². The first-order valence-electron chi connectivity index (χ1n) is 7.74. The number of hydrogen-bond acceptors (Lipinski definition) is 3. The normalized spacial score (nSPS) is 16.5. The summed E-state index contributed by atoms with van der Waals surface area (Å²) in [6.45, 7) is 5.21. The van der Waals surface area contributed by atoms with Gasteiger partial charge in [0, 0.05) is 32.0 Å². The lowest BCUT2D eigenvalue weighted by Crippen LogP contribution is -2.43. The first-order valence-corrected chi connectivity index (χ1v) is 7.74. The van der Waals surface area contributed by atoms with Crippen molar-refractivity contribution in [3.63, 3.8) is 0 Å². The Morgan fingerprint density at radius 1 is 1.25 bits per heavy atom. The van der Waals surface area contributed by atoms with E-state index in [9.17, 15) is 9.59 Å². The third kappa shape index (κ3) is 5.90. The van der Waals surface area contributed by atoms with Gasteiger partial charge in [-0.25, -0.2) is 0 Å². The number of carbonyl (C=O) groups is 2. The minimum atomic E-state index is 0.0834. The van der Waals surface area contributed by atoms with Gasteiger partial charge in [-0.2, -0.15) is 0 Å². The maximum atomic E-state index is 12.0. The van der Waals surface area contributed by atoms with Crippen LogP contribution in [0, 0.1) is 5.92 Å². The van der Waals surface area contributed by atoms with Crippen molar-refractivity contribution in [2.45, 2.75) is 39.0 Å². The maximum Gasteiger partial charge on any atom is 0.223 e. The van der Waals surface area contributed by atoms with Crippen LogP contribution in [0.1, 0.15) is 39.0 Å².